The molecule has 1 aromatic carbocycles. The van der Waals surface area contributed by atoms with Gasteiger partial charge in [0, 0.05) is 11.8 Å². The van der Waals surface area contributed by atoms with Crippen molar-refractivity contribution < 1.29 is 4.74 Å². The highest BCUT2D eigenvalue weighted by molar-refractivity contribution is 5.32. The van der Waals surface area contributed by atoms with E-state index in [4.69, 9.17) is 4.74 Å². The van der Waals surface area contributed by atoms with Gasteiger partial charge in [-0.05, 0) is 12.1 Å². The van der Waals surface area contributed by atoms with Gasteiger partial charge in [0.1, 0.15) is 0 Å². The summed E-state index contributed by atoms with van der Waals surface area (Å²) < 4.78 is 10.2. The van der Waals surface area contributed by atoms with Gasteiger partial charge in [-0.2, -0.15) is 0 Å². The van der Waals surface area contributed by atoms with Crippen LogP contribution in [0.4, 0.5) is 0 Å². The van der Waals surface area contributed by atoms with E-state index >= 15 is 0 Å². The number of para-hydroxylation sites is 1. The van der Waals surface area contributed by atoms with E-state index in [0.717, 1.165) is 0 Å². The molecule has 2 bridgehead atoms. The Morgan fingerprint density at radius 1 is 0.818 bits per heavy atom. The molecule has 1 aromatic heterocycles. The smallest absolute Gasteiger partial charge is 0.352 e. The van der Waals surface area contributed by atoms with Gasteiger partial charge in [0.15, 0.2) is 0 Å². The normalized spacial score (nSPS) is 38.9. The predicted molar refractivity (Wildman–Crippen MR) is 77.1 cm³/mol. The highest BCUT2D eigenvalue weighted by atomic mass is 16.6. The summed E-state index contributed by atoms with van der Waals surface area (Å²) in [7, 11) is 0. The summed E-state index contributed by atoms with van der Waals surface area (Å²) in [5.41, 5.74) is 0.122. The molecule has 2 aromatic rings. The van der Waals surface area contributed by atoms with Gasteiger partial charge in [0.2, 0.25) is 0 Å². The van der Waals surface area contributed by atoms with Gasteiger partial charge in [0.05, 0.1) is 30.0 Å². The molecular formula is C16H13N3O3. The summed E-state index contributed by atoms with van der Waals surface area (Å²) in [6, 6.07) is 9.02. The molecule has 110 valence electrons. The summed E-state index contributed by atoms with van der Waals surface area (Å²) in [5, 5.41) is 0. The number of benzene rings is 1. The van der Waals surface area contributed by atoms with E-state index in [-0.39, 0.29) is 23.5 Å². The number of ether oxygens (including phenoxy) is 1. The molecule has 2 aliphatic carbocycles. The number of allylic oxidation sites excluding steroid dienone is 2. The molecule has 0 spiro atoms. The topological polar surface area (TPSA) is 61.5 Å². The van der Waals surface area contributed by atoms with Gasteiger partial charge >= 0.3 is 11.4 Å². The maximum Gasteiger partial charge on any atom is 0.352 e. The predicted octanol–water partition coefficient (Wildman–Crippen LogP) is 0.480. The number of nitrogens with zero attached hydrogens (tertiary/aromatic N) is 3. The zero-order valence-corrected chi connectivity index (χ0v) is 11.6. The number of rotatable bonds is 1. The molecule has 6 atom stereocenters. The molecule has 0 unspecified atom stereocenters. The second-order valence-corrected chi connectivity index (χ2v) is 6.51. The third-order valence-corrected chi connectivity index (χ3v) is 5.64. The van der Waals surface area contributed by atoms with Gasteiger partial charge < -0.3 is 4.74 Å². The van der Waals surface area contributed by atoms with E-state index in [9.17, 15) is 9.59 Å². The van der Waals surface area contributed by atoms with Crippen LogP contribution in [0.1, 0.15) is 12.1 Å². The Balaban J connectivity index is 1.65. The molecule has 0 radical (unpaired) electrons. The van der Waals surface area contributed by atoms with E-state index in [2.05, 4.69) is 12.2 Å². The van der Waals surface area contributed by atoms with Crippen molar-refractivity contribution in [2.24, 2.45) is 11.8 Å². The van der Waals surface area contributed by atoms with Crippen LogP contribution in [0.15, 0.2) is 52.1 Å². The number of aromatic nitrogens is 3. The van der Waals surface area contributed by atoms with Crippen molar-refractivity contribution in [3.63, 3.8) is 0 Å². The average Bonchev–Trinajstić information content (AvgIpc) is 3.17. The Hall–Kier alpha value is -2.34. The molecule has 22 heavy (non-hydrogen) atoms. The van der Waals surface area contributed by atoms with Gasteiger partial charge in [-0.25, -0.2) is 23.5 Å². The number of epoxide rings is 1. The molecule has 6 heteroatoms. The lowest BCUT2D eigenvalue weighted by molar-refractivity contribution is 0.0509. The quantitative estimate of drug-likeness (QED) is 0.568. The zero-order chi connectivity index (χ0) is 14.6. The summed E-state index contributed by atoms with van der Waals surface area (Å²) >= 11 is 0. The molecule has 6 nitrogen and oxygen atoms in total. The summed E-state index contributed by atoms with van der Waals surface area (Å²) in [4.78, 5) is 25.7. The molecule has 0 amide bonds. The van der Waals surface area contributed by atoms with Gasteiger partial charge in [-0.3, -0.25) is 0 Å². The first-order chi connectivity index (χ1) is 10.8. The molecule has 3 aliphatic heterocycles. The summed E-state index contributed by atoms with van der Waals surface area (Å²) in [5.74, 6) is 0.701. The second-order valence-electron chi connectivity index (χ2n) is 6.51. The minimum Gasteiger partial charge on any atom is -0.369 e. The maximum atomic E-state index is 12.9. The fraction of sp³-hybridized carbons (Fsp3) is 0.375. The van der Waals surface area contributed by atoms with Crippen LogP contribution in [0, 0.1) is 11.8 Å². The van der Waals surface area contributed by atoms with Crippen LogP contribution in [-0.2, 0) is 4.74 Å². The first-order valence-corrected chi connectivity index (χ1v) is 7.62. The number of hydrogen-bond donors (Lipinski definition) is 0. The SMILES string of the molecule is O=c1n(-c2ccccc2)c(=O)n2n1[C@@H]1C=C[C@H]2[C@H]2[C@H]3O[C@@H]3[C@@H]21. The van der Waals surface area contributed by atoms with Crippen molar-refractivity contribution >= 4 is 0 Å². The van der Waals surface area contributed by atoms with Gasteiger partial charge in [0.25, 0.3) is 0 Å². The molecule has 1 saturated heterocycles. The Morgan fingerprint density at radius 3 is 1.91 bits per heavy atom. The van der Waals surface area contributed by atoms with Crippen LogP contribution in [0.3, 0.4) is 0 Å². The van der Waals surface area contributed by atoms with Crippen LogP contribution in [0.25, 0.3) is 5.69 Å². The molecule has 0 N–H and O–H groups in total. The second kappa shape index (κ2) is 3.35. The van der Waals surface area contributed by atoms with E-state index in [1.54, 1.807) is 21.5 Å². The number of fused-ring (bicyclic) bond motifs is 1. The fourth-order valence-corrected chi connectivity index (χ4v) is 4.68. The Kier molecular flexibility index (Phi) is 1.72. The number of hydrogen-bond acceptors (Lipinski definition) is 3. The average molecular weight is 295 g/mol. The van der Waals surface area contributed by atoms with E-state index in [0.29, 0.717) is 29.7 Å². The van der Waals surface area contributed by atoms with Crippen molar-refractivity contribution in [2.45, 2.75) is 24.3 Å². The lowest BCUT2D eigenvalue weighted by atomic mass is 9.62. The van der Waals surface area contributed by atoms with Gasteiger partial charge in [-0.1, -0.05) is 30.4 Å². The Bertz CT molecular complexity index is 896. The van der Waals surface area contributed by atoms with Crippen molar-refractivity contribution in [3.8, 4) is 5.69 Å². The molecule has 2 fully saturated rings. The van der Waals surface area contributed by atoms with Crippen LogP contribution in [-0.4, -0.2) is 26.1 Å². The third kappa shape index (κ3) is 1.04. The Morgan fingerprint density at radius 2 is 1.36 bits per heavy atom. The minimum absolute atomic E-state index is 0.0519. The van der Waals surface area contributed by atoms with Gasteiger partial charge in [-0.15, -0.1) is 0 Å². The van der Waals surface area contributed by atoms with E-state index < -0.39 is 0 Å². The van der Waals surface area contributed by atoms with Crippen molar-refractivity contribution in [3.05, 3.63) is 63.5 Å². The summed E-state index contributed by atoms with van der Waals surface area (Å²) in [6.07, 6.45) is 4.72. The van der Waals surface area contributed by atoms with Crippen LogP contribution < -0.4 is 11.4 Å². The molecule has 7 rings (SSSR count). The van der Waals surface area contributed by atoms with Crippen molar-refractivity contribution in [1.29, 1.82) is 0 Å². The lowest BCUT2D eigenvalue weighted by Crippen LogP contribution is -2.57. The van der Waals surface area contributed by atoms with E-state index in [1.807, 2.05) is 18.2 Å². The van der Waals surface area contributed by atoms with Crippen LogP contribution >= 0.6 is 0 Å². The molecule has 1 saturated carbocycles. The zero-order valence-electron chi connectivity index (χ0n) is 11.6. The maximum absolute atomic E-state index is 12.9. The lowest BCUT2D eigenvalue weighted by Gasteiger charge is -2.48. The summed E-state index contributed by atoms with van der Waals surface area (Å²) in [6.45, 7) is 0. The monoisotopic (exact) mass is 295 g/mol. The third-order valence-electron chi connectivity index (χ3n) is 5.64. The highest BCUT2D eigenvalue weighted by Gasteiger charge is 2.71. The fourth-order valence-electron chi connectivity index (χ4n) is 4.68. The first kappa shape index (κ1) is 11.3. The van der Waals surface area contributed by atoms with Crippen molar-refractivity contribution in [2.75, 3.05) is 0 Å². The first-order valence-electron chi connectivity index (χ1n) is 7.62. The highest BCUT2D eigenvalue weighted by Crippen LogP contribution is 2.63. The molecule has 5 aliphatic rings. The minimum atomic E-state index is -0.252. The Labute approximate surface area is 124 Å². The standard InChI is InChI=1S/C16H13N3O3/c20-15-17(8-4-2-1-3-5-8)16(21)19-10-7-6-9(18(15)19)11-12(10)14-13(11)22-14/h1-7,9-14H/t9-,10+,11-,12-,13-,14-/m1/s1. The van der Waals surface area contributed by atoms with Crippen LogP contribution in [0.2, 0.25) is 0 Å². The molecular weight excluding hydrogens is 282 g/mol. The van der Waals surface area contributed by atoms with E-state index in [1.165, 1.54) is 4.57 Å². The largest absolute Gasteiger partial charge is 0.369 e. The van der Waals surface area contributed by atoms with Crippen LogP contribution in [0.5, 0.6) is 0 Å². The van der Waals surface area contributed by atoms with Crippen molar-refractivity contribution in [1.82, 2.24) is 13.9 Å². The molecule has 4 heterocycles.